The summed E-state index contributed by atoms with van der Waals surface area (Å²) in [5.74, 6) is -0.577. The van der Waals surface area contributed by atoms with Gasteiger partial charge in [-0.05, 0) is 19.9 Å². The number of aromatic amines is 1. The minimum atomic E-state index is -0.595. The highest BCUT2D eigenvalue weighted by Gasteiger charge is 2.19. The van der Waals surface area contributed by atoms with E-state index in [0.29, 0.717) is 12.2 Å². The Kier molecular flexibility index (Phi) is 3.79. The molecule has 1 atom stereocenters. The van der Waals surface area contributed by atoms with Crippen LogP contribution in [0.25, 0.3) is 10.9 Å². The molecule has 0 bridgehead atoms. The van der Waals surface area contributed by atoms with E-state index in [1.165, 1.54) is 0 Å². The molecule has 2 aromatic rings. The lowest BCUT2D eigenvalue weighted by Crippen LogP contribution is -2.44. The molecule has 2 amide bonds. The van der Waals surface area contributed by atoms with E-state index in [4.69, 9.17) is 0 Å². The van der Waals surface area contributed by atoms with Gasteiger partial charge >= 0.3 is 0 Å². The Balaban J connectivity index is 2.14. The summed E-state index contributed by atoms with van der Waals surface area (Å²) in [7, 11) is 0. The fourth-order valence-corrected chi connectivity index (χ4v) is 1.79. The number of carbonyl (C=O) groups is 2. The maximum atomic E-state index is 12.1. The molecule has 1 aromatic heterocycles. The average Bonchev–Trinajstić information content (AvgIpc) is 2.82. The Morgan fingerprint density at radius 1 is 1.37 bits per heavy atom. The van der Waals surface area contributed by atoms with Crippen LogP contribution in [0.15, 0.2) is 24.3 Å². The topological polar surface area (TPSA) is 86.9 Å². The number of benzene rings is 1. The van der Waals surface area contributed by atoms with Gasteiger partial charge in [0.25, 0.3) is 5.91 Å². The molecule has 0 aliphatic heterocycles. The predicted octanol–water partition coefficient (Wildman–Crippen LogP) is 0.817. The van der Waals surface area contributed by atoms with E-state index in [1.54, 1.807) is 6.92 Å². The van der Waals surface area contributed by atoms with Crippen LogP contribution in [0.4, 0.5) is 0 Å². The number of para-hydroxylation sites is 1. The molecule has 0 saturated carbocycles. The molecule has 100 valence electrons. The normalized spacial score (nSPS) is 12.1. The summed E-state index contributed by atoms with van der Waals surface area (Å²) in [6.07, 6.45) is 0. The smallest absolute Gasteiger partial charge is 0.273 e. The number of hydrogen-bond donors (Lipinski definition) is 3. The van der Waals surface area contributed by atoms with E-state index in [1.807, 2.05) is 31.2 Å². The van der Waals surface area contributed by atoms with Crippen LogP contribution in [-0.2, 0) is 4.79 Å². The Labute approximate surface area is 110 Å². The molecule has 0 unspecified atom stereocenters. The van der Waals surface area contributed by atoms with Crippen LogP contribution >= 0.6 is 0 Å². The second-order valence-electron chi connectivity index (χ2n) is 4.21. The summed E-state index contributed by atoms with van der Waals surface area (Å²) in [5.41, 5.74) is 1.09. The molecule has 2 rings (SSSR count). The third-order valence-corrected chi connectivity index (χ3v) is 2.78. The van der Waals surface area contributed by atoms with E-state index in [9.17, 15) is 9.59 Å². The van der Waals surface area contributed by atoms with Crippen molar-refractivity contribution in [2.75, 3.05) is 6.54 Å². The zero-order valence-electron chi connectivity index (χ0n) is 10.9. The highest BCUT2D eigenvalue weighted by molar-refractivity contribution is 6.05. The molecule has 0 aliphatic rings. The molecule has 6 heteroatoms. The number of nitrogens with zero attached hydrogens (tertiary/aromatic N) is 1. The Morgan fingerprint density at radius 3 is 2.84 bits per heavy atom. The van der Waals surface area contributed by atoms with Gasteiger partial charge in [0.15, 0.2) is 5.69 Å². The molecule has 1 aromatic carbocycles. The van der Waals surface area contributed by atoms with E-state index in [-0.39, 0.29) is 11.8 Å². The number of nitrogens with one attached hydrogen (secondary N) is 3. The fourth-order valence-electron chi connectivity index (χ4n) is 1.79. The van der Waals surface area contributed by atoms with Gasteiger partial charge < -0.3 is 10.6 Å². The Morgan fingerprint density at radius 2 is 2.11 bits per heavy atom. The molecular weight excluding hydrogens is 244 g/mol. The van der Waals surface area contributed by atoms with Gasteiger partial charge in [-0.25, -0.2) is 0 Å². The molecular formula is C13H16N4O2. The Hall–Kier alpha value is -2.37. The molecule has 6 nitrogen and oxygen atoms in total. The molecule has 0 aliphatic carbocycles. The molecule has 19 heavy (non-hydrogen) atoms. The number of H-pyrrole nitrogens is 1. The van der Waals surface area contributed by atoms with Gasteiger partial charge in [0.05, 0.1) is 5.52 Å². The summed E-state index contributed by atoms with van der Waals surface area (Å²) < 4.78 is 0. The first-order valence-electron chi connectivity index (χ1n) is 6.15. The molecule has 0 spiro atoms. The standard InChI is InChI=1S/C13H16N4O2/c1-3-14-12(18)8(2)15-13(19)11-9-6-4-5-7-10(9)16-17-11/h4-8H,3H2,1-2H3,(H,14,18)(H,15,19)(H,16,17)/t8-/m1/s1. The van der Waals surface area contributed by atoms with E-state index in [2.05, 4.69) is 20.8 Å². The molecule has 3 N–H and O–H groups in total. The van der Waals surface area contributed by atoms with Crippen LogP contribution < -0.4 is 10.6 Å². The molecule has 0 fully saturated rings. The first kappa shape index (κ1) is 13.1. The van der Waals surface area contributed by atoms with Crippen molar-refractivity contribution in [3.05, 3.63) is 30.0 Å². The highest BCUT2D eigenvalue weighted by atomic mass is 16.2. The average molecular weight is 260 g/mol. The molecule has 1 heterocycles. The predicted molar refractivity (Wildman–Crippen MR) is 71.7 cm³/mol. The van der Waals surface area contributed by atoms with E-state index >= 15 is 0 Å². The Bertz CT molecular complexity index is 605. The second-order valence-corrected chi connectivity index (χ2v) is 4.21. The van der Waals surface area contributed by atoms with Gasteiger partial charge in [-0.15, -0.1) is 0 Å². The number of carbonyl (C=O) groups excluding carboxylic acids is 2. The van der Waals surface area contributed by atoms with Gasteiger partial charge in [0.1, 0.15) is 6.04 Å². The van der Waals surface area contributed by atoms with Crippen molar-refractivity contribution in [2.24, 2.45) is 0 Å². The first-order chi connectivity index (χ1) is 9.13. The van der Waals surface area contributed by atoms with Gasteiger partial charge in [-0.1, -0.05) is 18.2 Å². The first-order valence-corrected chi connectivity index (χ1v) is 6.15. The zero-order chi connectivity index (χ0) is 13.8. The number of aromatic nitrogens is 2. The van der Waals surface area contributed by atoms with Gasteiger partial charge in [-0.3, -0.25) is 14.7 Å². The lowest BCUT2D eigenvalue weighted by atomic mass is 10.2. The highest BCUT2D eigenvalue weighted by Crippen LogP contribution is 2.14. The van der Waals surface area contributed by atoms with Crippen molar-refractivity contribution >= 4 is 22.7 Å². The SMILES string of the molecule is CCNC(=O)[C@@H](C)NC(=O)c1n[nH]c2ccccc12. The number of fused-ring (bicyclic) bond motifs is 1. The lowest BCUT2D eigenvalue weighted by molar-refractivity contribution is -0.122. The van der Waals surface area contributed by atoms with Crippen molar-refractivity contribution in [1.82, 2.24) is 20.8 Å². The third-order valence-electron chi connectivity index (χ3n) is 2.78. The quantitative estimate of drug-likeness (QED) is 0.760. The van der Waals surface area contributed by atoms with Crippen molar-refractivity contribution < 1.29 is 9.59 Å². The van der Waals surface area contributed by atoms with Crippen molar-refractivity contribution in [1.29, 1.82) is 0 Å². The number of rotatable bonds is 4. The summed E-state index contributed by atoms with van der Waals surface area (Å²) in [6, 6.07) is 6.75. The summed E-state index contributed by atoms with van der Waals surface area (Å²) in [4.78, 5) is 23.6. The molecule has 0 radical (unpaired) electrons. The van der Waals surface area contributed by atoms with Crippen molar-refractivity contribution in [2.45, 2.75) is 19.9 Å². The monoisotopic (exact) mass is 260 g/mol. The minimum Gasteiger partial charge on any atom is -0.355 e. The number of amides is 2. The van der Waals surface area contributed by atoms with Crippen LogP contribution in [0.3, 0.4) is 0 Å². The van der Waals surface area contributed by atoms with E-state index < -0.39 is 6.04 Å². The van der Waals surface area contributed by atoms with Crippen LogP contribution in [-0.4, -0.2) is 34.6 Å². The largest absolute Gasteiger partial charge is 0.355 e. The lowest BCUT2D eigenvalue weighted by Gasteiger charge is -2.12. The maximum absolute atomic E-state index is 12.1. The van der Waals surface area contributed by atoms with Gasteiger partial charge in [-0.2, -0.15) is 5.10 Å². The van der Waals surface area contributed by atoms with Crippen LogP contribution in [0.1, 0.15) is 24.3 Å². The fraction of sp³-hybridized carbons (Fsp3) is 0.308. The maximum Gasteiger partial charge on any atom is 0.273 e. The summed E-state index contributed by atoms with van der Waals surface area (Å²) >= 11 is 0. The summed E-state index contributed by atoms with van der Waals surface area (Å²) in [6.45, 7) is 4.00. The van der Waals surface area contributed by atoms with Gasteiger partial charge in [0, 0.05) is 11.9 Å². The van der Waals surface area contributed by atoms with Crippen molar-refractivity contribution in [3.8, 4) is 0 Å². The third kappa shape index (κ3) is 2.73. The van der Waals surface area contributed by atoms with Crippen LogP contribution in [0, 0.1) is 0 Å². The number of likely N-dealkylation sites (N-methyl/N-ethyl adjacent to an activating group) is 1. The number of hydrogen-bond acceptors (Lipinski definition) is 3. The van der Waals surface area contributed by atoms with Crippen molar-refractivity contribution in [3.63, 3.8) is 0 Å². The molecule has 0 saturated heterocycles. The van der Waals surface area contributed by atoms with E-state index in [0.717, 1.165) is 10.9 Å². The second kappa shape index (κ2) is 5.51. The summed E-state index contributed by atoms with van der Waals surface area (Å²) in [5, 5.41) is 12.8. The minimum absolute atomic E-state index is 0.212. The van der Waals surface area contributed by atoms with Crippen LogP contribution in [0.5, 0.6) is 0 Å². The zero-order valence-corrected chi connectivity index (χ0v) is 10.9. The van der Waals surface area contributed by atoms with Crippen LogP contribution in [0.2, 0.25) is 0 Å². The van der Waals surface area contributed by atoms with Gasteiger partial charge in [0.2, 0.25) is 5.91 Å².